The average molecular weight is 335 g/mol. The molecule has 0 aromatic carbocycles. The number of carbonyl (C=O) groups is 1. The summed E-state index contributed by atoms with van der Waals surface area (Å²) in [7, 11) is 0. The molecule has 8 heteroatoms. The molecule has 1 aliphatic carbocycles. The van der Waals surface area contributed by atoms with Gasteiger partial charge in [0.1, 0.15) is 15.8 Å². The van der Waals surface area contributed by atoms with E-state index < -0.39 is 5.97 Å². The molecule has 22 heavy (non-hydrogen) atoms. The Morgan fingerprint density at radius 3 is 3.05 bits per heavy atom. The summed E-state index contributed by atoms with van der Waals surface area (Å²) in [6, 6.07) is 3.46. The lowest BCUT2D eigenvalue weighted by Gasteiger charge is -2.05. The molecule has 0 saturated heterocycles. The molecule has 1 saturated carbocycles. The Morgan fingerprint density at radius 1 is 1.50 bits per heavy atom. The van der Waals surface area contributed by atoms with Crippen LogP contribution in [0.25, 0.3) is 10.2 Å². The first kappa shape index (κ1) is 13.7. The van der Waals surface area contributed by atoms with Crippen LogP contribution < -0.4 is 0 Å². The fraction of sp³-hybridized carbons (Fsp3) is 0.286. The van der Waals surface area contributed by atoms with Gasteiger partial charge in [-0.2, -0.15) is 5.10 Å². The predicted molar refractivity (Wildman–Crippen MR) is 82.7 cm³/mol. The van der Waals surface area contributed by atoms with E-state index in [9.17, 15) is 4.79 Å². The zero-order valence-corrected chi connectivity index (χ0v) is 13.1. The third-order valence-corrected chi connectivity index (χ3v) is 4.89. The fourth-order valence-corrected chi connectivity index (χ4v) is 3.81. The van der Waals surface area contributed by atoms with Crippen LogP contribution in [0.5, 0.6) is 0 Å². The van der Waals surface area contributed by atoms with Crippen molar-refractivity contribution in [3.05, 3.63) is 39.9 Å². The normalized spacial score (nSPS) is 20.5. The minimum Gasteiger partial charge on any atom is -0.476 e. The number of fused-ring (bicyclic) bond motifs is 1. The van der Waals surface area contributed by atoms with Crippen molar-refractivity contribution in [2.45, 2.75) is 25.3 Å². The number of rotatable bonds is 3. The quantitative estimate of drug-likeness (QED) is 0.795. The van der Waals surface area contributed by atoms with E-state index >= 15 is 0 Å². The minimum atomic E-state index is -1.07. The van der Waals surface area contributed by atoms with Crippen LogP contribution in [0.2, 0.25) is 5.15 Å². The number of aromatic carboxylic acids is 1. The molecule has 4 rings (SSSR count). The molecule has 3 aromatic heterocycles. The van der Waals surface area contributed by atoms with Crippen LogP contribution in [-0.2, 0) is 0 Å². The number of thiophene rings is 1. The Balaban J connectivity index is 1.72. The number of hydrogen-bond acceptors (Lipinski definition) is 5. The van der Waals surface area contributed by atoms with Gasteiger partial charge < -0.3 is 5.11 Å². The second-order valence-corrected chi connectivity index (χ2v) is 6.59. The van der Waals surface area contributed by atoms with Gasteiger partial charge in [-0.1, -0.05) is 11.6 Å². The molecule has 6 nitrogen and oxygen atoms in total. The number of aromatic nitrogens is 4. The molecular weight excluding hydrogens is 324 g/mol. The first-order valence-corrected chi connectivity index (χ1v) is 8.00. The smallest absolute Gasteiger partial charge is 0.356 e. The molecule has 0 aliphatic heterocycles. The molecule has 2 unspecified atom stereocenters. The number of hydrogen-bond donors (Lipinski definition) is 1. The van der Waals surface area contributed by atoms with Crippen molar-refractivity contribution in [3.8, 4) is 0 Å². The van der Waals surface area contributed by atoms with Gasteiger partial charge in [0, 0.05) is 17.4 Å². The first-order valence-electron chi connectivity index (χ1n) is 6.74. The predicted octanol–water partition coefficient (Wildman–Crippen LogP) is 3.28. The molecule has 3 heterocycles. The van der Waals surface area contributed by atoms with Gasteiger partial charge in [-0.25, -0.2) is 19.4 Å². The van der Waals surface area contributed by atoms with E-state index in [1.165, 1.54) is 6.07 Å². The van der Waals surface area contributed by atoms with Crippen molar-refractivity contribution in [2.75, 3.05) is 0 Å². The van der Waals surface area contributed by atoms with Crippen molar-refractivity contribution < 1.29 is 9.90 Å². The SMILES string of the molecule is Cc1nc(C2CC2n2nc(C(=O)O)cc2Cl)c2ccsc2n1. The highest BCUT2D eigenvalue weighted by Gasteiger charge is 2.44. The molecule has 1 aliphatic rings. The van der Waals surface area contributed by atoms with Crippen LogP contribution in [-0.4, -0.2) is 30.8 Å². The van der Waals surface area contributed by atoms with E-state index in [0.717, 1.165) is 28.2 Å². The van der Waals surface area contributed by atoms with Gasteiger partial charge in [0.25, 0.3) is 0 Å². The van der Waals surface area contributed by atoms with E-state index in [4.69, 9.17) is 16.7 Å². The maximum atomic E-state index is 11.0. The van der Waals surface area contributed by atoms with E-state index in [0.29, 0.717) is 5.15 Å². The highest BCUT2D eigenvalue weighted by Crippen LogP contribution is 2.53. The van der Waals surface area contributed by atoms with Crippen LogP contribution >= 0.6 is 22.9 Å². The van der Waals surface area contributed by atoms with Gasteiger partial charge in [-0.15, -0.1) is 11.3 Å². The summed E-state index contributed by atoms with van der Waals surface area (Å²) in [6.45, 7) is 1.88. The second kappa shape index (κ2) is 4.76. The van der Waals surface area contributed by atoms with Crippen LogP contribution in [0.1, 0.15) is 40.4 Å². The molecule has 0 spiro atoms. The monoisotopic (exact) mass is 334 g/mol. The summed E-state index contributed by atoms with van der Waals surface area (Å²) in [5.41, 5.74) is 0.965. The summed E-state index contributed by atoms with van der Waals surface area (Å²) < 4.78 is 1.59. The van der Waals surface area contributed by atoms with E-state index in [-0.39, 0.29) is 17.7 Å². The molecule has 0 radical (unpaired) electrons. The van der Waals surface area contributed by atoms with E-state index in [2.05, 4.69) is 15.1 Å². The number of carboxylic acids is 1. The lowest BCUT2D eigenvalue weighted by molar-refractivity contribution is 0.0689. The average Bonchev–Trinajstić information content (AvgIpc) is 2.91. The van der Waals surface area contributed by atoms with Crippen molar-refractivity contribution in [3.63, 3.8) is 0 Å². The van der Waals surface area contributed by atoms with Crippen molar-refractivity contribution in [1.29, 1.82) is 0 Å². The van der Waals surface area contributed by atoms with Gasteiger partial charge in [0.2, 0.25) is 0 Å². The second-order valence-electron chi connectivity index (χ2n) is 5.31. The Morgan fingerprint density at radius 2 is 2.32 bits per heavy atom. The van der Waals surface area contributed by atoms with Crippen LogP contribution in [0.4, 0.5) is 0 Å². The Bertz CT molecular complexity index is 904. The maximum Gasteiger partial charge on any atom is 0.356 e. The highest BCUT2D eigenvalue weighted by atomic mass is 35.5. The molecular formula is C14H11ClN4O2S. The summed E-state index contributed by atoms with van der Waals surface area (Å²) in [6.07, 6.45) is 0.849. The Hall–Kier alpha value is -1.99. The number of carboxylic acid groups (broad SMARTS) is 1. The number of halogens is 1. The first-order chi connectivity index (χ1) is 10.5. The molecule has 112 valence electrons. The van der Waals surface area contributed by atoms with Gasteiger partial charge in [-0.05, 0) is 24.8 Å². The van der Waals surface area contributed by atoms with Gasteiger partial charge in [-0.3, -0.25) is 0 Å². The zero-order chi connectivity index (χ0) is 15.4. The van der Waals surface area contributed by atoms with Crippen LogP contribution in [0.15, 0.2) is 17.5 Å². The maximum absolute atomic E-state index is 11.0. The molecule has 1 N–H and O–H groups in total. The third-order valence-electron chi connectivity index (χ3n) is 3.80. The Kier molecular flexibility index (Phi) is 2.95. The molecule has 0 bridgehead atoms. The molecule has 3 aromatic rings. The minimum absolute atomic E-state index is 0.0322. The number of aryl methyl sites for hydroxylation is 1. The van der Waals surface area contributed by atoms with E-state index in [1.54, 1.807) is 16.0 Å². The molecule has 0 amide bonds. The Labute approximate surface area is 134 Å². The molecule has 1 fully saturated rings. The molecule has 2 atom stereocenters. The summed E-state index contributed by atoms with van der Waals surface area (Å²) in [5.74, 6) is -0.137. The van der Waals surface area contributed by atoms with E-state index in [1.807, 2.05) is 18.4 Å². The number of nitrogens with zero attached hydrogens (tertiary/aromatic N) is 4. The van der Waals surface area contributed by atoms with Crippen LogP contribution in [0.3, 0.4) is 0 Å². The standard InChI is InChI=1S/C14H11ClN4O2S/c1-6-16-12(7-2-3-22-13(7)17-6)8-4-10(8)19-11(15)5-9(18-19)14(20)21/h2-3,5,8,10H,4H2,1H3,(H,20,21). The fourth-order valence-electron chi connectivity index (χ4n) is 2.73. The lowest BCUT2D eigenvalue weighted by atomic mass is 10.2. The topological polar surface area (TPSA) is 80.9 Å². The highest BCUT2D eigenvalue weighted by molar-refractivity contribution is 7.16. The summed E-state index contributed by atoms with van der Waals surface area (Å²) >= 11 is 7.70. The van der Waals surface area contributed by atoms with Gasteiger partial charge in [0.05, 0.1) is 11.7 Å². The van der Waals surface area contributed by atoms with Gasteiger partial charge >= 0.3 is 5.97 Å². The van der Waals surface area contributed by atoms with Crippen LogP contribution in [0, 0.1) is 6.92 Å². The lowest BCUT2D eigenvalue weighted by Crippen LogP contribution is -2.03. The zero-order valence-electron chi connectivity index (χ0n) is 11.5. The summed E-state index contributed by atoms with van der Waals surface area (Å²) in [4.78, 5) is 21.0. The van der Waals surface area contributed by atoms with Crippen molar-refractivity contribution >= 4 is 39.1 Å². The van der Waals surface area contributed by atoms with Crippen molar-refractivity contribution in [2.24, 2.45) is 0 Å². The largest absolute Gasteiger partial charge is 0.476 e. The third kappa shape index (κ3) is 2.08. The van der Waals surface area contributed by atoms with Gasteiger partial charge in [0.15, 0.2) is 5.69 Å². The summed E-state index contributed by atoms with van der Waals surface area (Å²) in [5, 5.41) is 16.5. The van der Waals surface area contributed by atoms with Crippen molar-refractivity contribution in [1.82, 2.24) is 19.7 Å².